The maximum atomic E-state index is 14.9. The third kappa shape index (κ3) is 5.13. The van der Waals surface area contributed by atoms with E-state index in [0.717, 1.165) is 48.5 Å². The summed E-state index contributed by atoms with van der Waals surface area (Å²) < 4.78 is 149. The smallest absolute Gasteiger partial charge is 0.206 e. The van der Waals surface area contributed by atoms with Crippen LogP contribution in [0, 0.1) is 29.1 Å². The van der Waals surface area contributed by atoms with Crippen molar-refractivity contribution in [3.05, 3.63) is 113 Å². The van der Waals surface area contributed by atoms with Gasteiger partial charge in [0.15, 0.2) is 5.83 Å². The Morgan fingerprint density at radius 3 is 1.45 bits per heavy atom. The largest absolute Gasteiger partial charge is 0.422 e. The molecule has 0 aliphatic rings. The van der Waals surface area contributed by atoms with Gasteiger partial charge >= 0.3 is 12.3 Å². The number of hydrogen-bond acceptors (Lipinski definition) is 0. The summed E-state index contributed by atoms with van der Waals surface area (Å²) in [6, 6.07) is 9.10. The first-order valence-electron chi connectivity index (χ1n) is 10.4. The molecule has 0 amide bonds. The molecule has 0 N–H and O–H groups in total. The third-order valence-electron chi connectivity index (χ3n) is 5.57. The summed E-state index contributed by atoms with van der Waals surface area (Å²) in [6.45, 7) is 0. The Labute approximate surface area is 207 Å². The Bertz CT molecular complexity index is 1520. The molecule has 38 heavy (non-hydrogen) atoms. The van der Waals surface area contributed by atoms with Gasteiger partial charge in [-0.2, -0.15) is 22.0 Å². The summed E-state index contributed by atoms with van der Waals surface area (Å²) in [5.41, 5.74) is -4.61. The normalized spacial score (nSPS) is 11.6. The molecule has 0 saturated carbocycles. The highest BCUT2D eigenvalue weighted by molar-refractivity contribution is 5.75. The first kappa shape index (κ1) is 26.9. The molecule has 0 unspecified atom stereocenters. The van der Waals surface area contributed by atoms with Crippen LogP contribution in [-0.4, -0.2) is 0 Å². The molecule has 0 aromatic heterocycles. The molecule has 0 heterocycles. The van der Waals surface area contributed by atoms with Crippen molar-refractivity contribution in [2.24, 2.45) is 0 Å². The Kier molecular flexibility index (Phi) is 7.05. The first-order valence-corrected chi connectivity index (χ1v) is 10.4. The van der Waals surface area contributed by atoms with Crippen LogP contribution >= 0.6 is 0 Å². The Hall–Kier alpha value is -4.15. The number of benzene rings is 4. The van der Waals surface area contributed by atoms with Crippen molar-refractivity contribution in [3.8, 4) is 33.4 Å². The van der Waals surface area contributed by atoms with Crippen LogP contribution in [0.4, 0.5) is 48.3 Å². The van der Waals surface area contributed by atoms with E-state index in [2.05, 4.69) is 0 Å². The minimum Gasteiger partial charge on any atom is -0.206 e. The Morgan fingerprint density at radius 1 is 0.500 bits per heavy atom. The van der Waals surface area contributed by atoms with Gasteiger partial charge in [0.2, 0.25) is 0 Å². The van der Waals surface area contributed by atoms with Gasteiger partial charge in [-0.25, -0.2) is 26.3 Å². The van der Waals surface area contributed by atoms with Crippen LogP contribution in [-0.2, 0) is 6.18 Å². The van der Waals surface area contributed by atoms with E-state index in [4.69, 9.17) is 0 Å². The molecule has 0 fully saturated rings. The SMILES string of the molecule is FC(F)=C(F)c1ccc(-c2cc(F)c(-c3ccc(-c4cc(F)c(C(F)(F)F)c(F)c4)c(F)c3)c(F)c2)cc1. The van der Waals surface area contributed by atoms with Crippen LogP contribution in [0.2, 0.25) is 0 Å². The molecule has 0 aliphatic carbocycles. The lowest BCUT2D eigenvalue weighted by atomic mass is 9.95. The molecule has 0 nitrogen and oxygen atoms in total. The topological polar surface area (TPSA) is 0 Å². The summed E-state index contributed by atoms with van der Waals surface area (Å²) in [4.78, 5) is 0. The van der Waals surface area contributed by atoms with Crippen LogP contribution in [0.3, 0.4) is 0 Å². The van der Waals surface area contributed by atoms with E-state index in [1.165, 1.54) is 0 Å². The van der Waals surface area contributed by atoms with E-state index >= 15 is 0 Å². The Morgan fingerprint density at radius 2 is 0.974 bits per heavy atom. The van der Waals surface area contributed by atoms with Crippen LogP contribution < -0.4 is 0 Å². The van der Waals surface area contributed by atoms with Gasteiger partial charge < -0.3 is 0 Å². The predicted octanol–water partition coefficient (Wildman–Crippen LogP) is 9.94. The molecule has 0 aliphatic heterocycles. The fraction of sp³-hybridized carbons (Fsp3) is 0.0370. The molecule has 11 heteroatoms. The van der Waals surface area contributed by atoms with E-state index in [0.29, 0.717) is 6.07 Å². The highest BCUT2D eigenvalue weighted by atomic mass is 19.4. The van der Waals surface area contributed by atoms with Gasteiger partial charge in [-0.3, -0.25) is 0 Å². The van der Waals surface area contributed by atoms with Crippen LogP contribution in [0.1, 0.15) is 11.1 Å². The zero-order chi connectivity index (χ0) is 27.9. The lowest BCUT2D eigenvalue weighted by Gasteiger charge is -2.13. The average molecular weight is 544 g/mol. The fourth-order valence-electron chi connectivity index (χ4n) is 3.84. The molecule has 0 radical (unpaired) electrons. The maximum Gasteiger partial charge on any atom is 0.422 e. The molecule has 4 rings (SSSR count). The van der Waals surface area contributed by atoms with Crippen LogP contribution in [0.5, 0.6) is 0 Å². The van der Waals surface area contributed by atoms with Crippen molar-refractivity contribution >= 4 is 5.83 Å². The maximum absolute atomic E-state index is 14.9. The van der Waals surface area contributed by atoms with Gasteiger partial charge in [0.25, 0.3) is 0 Å². The van der Waals surface area contributed by atoms with Gasteiger partial charge in [0, 0.05) is 11.1 Å². The second-order valence-electron chi connectivity index (χ2n) is 7.97. The zero-order valence-electron chi connectivity index (χ0n) is 18.5. The number of halogens is 11. The second-order valence-corrected chi connectivity index (χ2v) is 7.97. The lowest BCUT2D eigenvalue weighted by molar-refractivity contribution is -0.142. The van der Waals surface area contributed by atoms with Gasteiger partial charge in [-0.05, 0) is 52.6 Å². The van der Waals surface area contributed by atoms with Crippen molar-refractivity contribution < 1.29 is 48.3 Å². The molecule has 4 aromatic rings. The molecule has 0 atom stereocenters. The highest BCUT2D eigenvalue weighted by Crippen LogP contribution is 2.38. The molecule has 4 aromatic carbocycles. The zero-order valence-corrected chi connectivity index (χ0v) is 18.5. The third-order valence-corrected chi connectivity index (χ3v) is 5.57. The van der Waals surface area contributed by atoms with Gasteiger partial charge in [0.1, 0.15) is 34.6 Å². The van der Waals surface area contributed by atoms with E-state index in [-0.39, 0.29) is 28.8 Å². The quantitative estimate of drug-likeness (QED) is 0.224. The number of alkyl halides is 3. The van der Waals surface area contributed by atoms with Gasteiger partial charge in [-0.15, -0.1) is 0 Å². The van der Waals surface area contributed by atoms with Gasteiger partial charge in [0.05, 0.1) is 5.56 Å². The predicted molar refractivity (Wildman–Crippen MR) is 118 cm³/mol. The standard InChI is InChI=1S/C27H11F11/c28-18-7-14(5-6-17(18)16-10-21(31)24(22(32)11-16)27(36,37)38)23-19(29)8-15(9-20(23)30)12-1-3-13(4-2-12)25(33)26(34)35/h1-11H. The highest BCUT2D eigenvalue weighted by Gasteiger charge is 2.38. The second kappa shape index (κ2) is 9.96. The fourth-order valence-corrected chi connectivity index (χ4v) is 3.84. The van der Waals surface area contributed by atoms with E-state index < -0.39 is 75.0 Å². The van der Waals surface area contributed by atoms with E-state index in [1.807, 2.05) is 0 Å². The summed E-state index contributed by atoms with van der Waals surface area (Å²) in [6.07, 6.45) is -7.86. The number of rotatable bonds is 4. The Balaban J connectivity index is 1.70. The van der Waals surface area contributed by atoms with Crippen molar-refractivity contribution in [3.63, 3.8) is 0 Å². The summed E-state index contributed by atoms with van der Waals surface area (Å²) in [5.74, 6) is -9.24. The average Bonchev–Trinajstić information content (AvgIpc) is 2.82. The molecule has 0 saturated heterocycles. The molecular formula is C27H11F11. The van der Waals surface area contributed by atoms with Gasteiger partial charge in [-0.1, -0.05) is 36.4 Å². The monoisotopic (exact) mass is 544 g/mol. The van der Waals surface area contributed by atoms with E-state index in [1.54, 1.807) is 0 Å². The molecular weight excluding hydrogens is 533 g/mol. The number of hydrogen-bond donors (Lipinski definition) is 0. The lowest BCUT2D eigenvalue weighted by Crippen LogP contribution is -2.11. The van der Waals surface area contributed by atoms with E-state index in [9.17, 15) is 48.3 Å². The van der Waals surface area contributed by atoms with Crippen molar-refractivity contribution in [2.45, 2.75) is 6.18 Å². The van der Waals surface area contributed by atoms with Crippen molar-refractivity contribution in [1.29, 1.82) is 0 Å². The summed E-state index contributed by atoms with van der Waals surface area (Å²) in [7, 11) is 0. The summed E-state index contributed by atoms with van der Waals surface area (Å²) in [5, 5.41) is 0. The minimum absolute atomic E-state index is 0.0480. The van der Waals surface area contributed by atoms with Crippen LogP contribution in [0.15, 0.2) is 72.8 Å². The summed E-state index contributed by atoms with van der Waals surface area (Å²) >= 11 is 0. The van der Waals surface area contributed by atoms with Crippen molar-refractivity contribution in [1.82, 2.24) is 0 Å². The van der Waals surface area contributed by atoms with Crippen LogP contribution in [0.25, 0.3) is 39.2 Å². The molecule has 0 bridgehead atoms. The van der Waals surface area contributed by atoms with Crippen molar-refractivity contribution in [2.75, 3.05) is 0 Å². The molecule has 0 spiro atoms. The first-order chi connectivity index (χ1) is 17.8. The molecule has 196 valence electrons. The minimum atomic E-state index is -5.32.